The molecule has 2 bridgehead atoms. The number of carbonyl (C=O) groups is 3. The maximum absolute atomic E-state index is 13.5. The molecule has 1 aromatic carbocycles. The van der Waals surface area contributed by atoms with Gasteiger partial charge in [-0.1, -0.05) is 0 Å². The normalized spacial score (nSPS) is 23.9. The zero-order valence-electron chi connectivity index (χ0n) is 18.7. The Labute approximate surface area is 186 Å². The van der Waals surface area contributed by atoms with Crippen molar-refractivity contribution in [1.29, 1.82) is 0 Å². The highest BCUT2D eigenvalue weighted by molar-refractivity contribution is 6.43. The Kier molecular flexibility index (Phi) is 5.67. The molecule has 0 radical (unpaired) electrons. The number of carbonyl (C=O) groups excluding carboxylic acids is 3. The van der Waals surface area contributed by atoms with E-state index in [9.17, 15) is 23.9 Å². The first-order valence-electron chi connectivity index (χ1n) is 10.8. The Balaban J connectivity index is 1.54. The summed E-state index contributed by atoms with van der Waals surface area (Å²) in [7, 11) is 1.64. The van der Waals surface area contributed by atoms with Gasteiger partial charge >= 0.3 is 0 Å². The van der Waals surface area contributed by atoms with Gasteiger partial charge in [0, 0.05) is 30.4 Å². The maximum Gasteiger partial charge on any atom is 0.294 e. The summed E-state index contributed by atoms with van der Waals surface area (Å²) in [6, 6.07) is 4.08. The molecule has 2 aliphatic rings. The molecule has 4 atom stereocenters. The molecule has 2 aliphatic carbocycles. The van der Waals surface area contributed by atoms with Crippen molar-refractivity contribution in [3.05, 3.63) is 52.1 Å². The number of aliphatic hydroxyl groups excluding tert-OH is 1. The molecule has 7 nitrogen and oxygen atoms in total. The first-order valence-corrected chi connectivity index (χ1v) is 10.8. The molecular weight excluding hydrogens is 413 g/mol. The van der Waals surface area contributed by atoms with Crippen molar-refractivity contribution in [1.82, 2.24) is 9.88 Å². The van der Waals surface area contributed by atoms with Crippen LogP contribution in [0, 0.1) is 38.4 Å². The molecule has 8 heteroatoms. The van der Waals surface area contributed by atoms with E-state index in [0.29, 0.717) is 34.0 Å². The largest absolute Gasteiger partial charge is 0.393 e. The minimum Gasteiger partial charge on any atom is -0.393 e. The minimum atomic E-state index is -0.723. The van der Waals surface area contributed by atoms with E-state index in [1.807, 2.05) is 0 Å². The predicted molar refractivity (Wildman–Crippen MR) is 117 cm³/mol. The highest BCUT2D eigenvalue weighted by Gasteiger charge is 2.46. The van der Waals surface area contributed by atoms with Crippen LogP contribution in [0.2, 0.25) is 0 Å². The molecule has 4 rings (SSSR count). The second-order valence-electron chi connectivity index (χ2n) is 9.12. The summed E-state index contributed by atoms with van der Waals surface area (Å²) in [6.45, 7) is 4.95. The van der Waals surface area contributed by atoms with Crippen LogP contribution in [0.3, 0.4) is 0 Å². The van der Waals surface area contributed by atoms with Crippen LogP contribution in [-0.2, 0) is 11.8 Å². The zero-order chi connectivity index (χ0) is 23.3. The van der Waals surface area contributed by atoms with Gasteiger partial charge in [0.15, 0.2) is 0 Å². The van der Waals surface area contributed by atoms with E-state index >= 15 is 0 Å². The quantitative estimate of drug-likeness (QED) is 0.491. The Morgan fingerprint density at radius 2 is 1.84 bits per heavy atom. The average Bonchev–Trinajstić information content (AvgIpc) is 3.35. The van der Waals surface area contributed by atoms with Crippen molar-refractivity contribution in [3.8, 4) is 0 Å². The van der Waals surface area contributed by atoms with Gasteiger partial charge in [0.25, 0.3) is 17.6 Å². The van der Waals surface area contributed by atoms with E-state index in [-0.39, 0.29) is 23.5 Å². The van der Waals surface area contributed by atoms with Crippen molar-refractivity contribution in [2.75, 3.05) is 5.32 Å². The molecule has 0 spiro atoms. The number of aryl methyl sites for hydroxylation is 1. The number of nitrogens with zero attached hydrogens (tertiary/aromatic N) is 1. The third kappa shape index (κ3) is 3.72. The van der Waals surface area contributed by atoms with Gasteiger partial charge in [0.05, 0.1) is 17.4 Å². The lowest BCUT2D eigenvalue weighted by Gasteiger charge is -2.26. The summed E-state index contributed by atoms with van der Waals surface area (Å²) in [6.07, 6.45) is 1.97. The molecule has 2 saturated carbocycles. The van der Waals surface area contributed by atoms with Crippen molar-refractivity contribution in [2.24, 2.45) is 18.9 Å². The summed E-state index contributed by atoms with van der Waals surface area (Å²) < 4.78 is 15.1. The number of hydrogen-bond acceptors (Lipinski definition) is 4. The monoisotopic (exact) mass is 441 g/mol. The molecule has 0 saturated heterocycles. The van der Waals surface area contributed by atoms with Gasteiger partial charge in [-0.3, -0.25) is 14.4 Å². The van der Waals surface area contributed by atoms with Crippen molar-refractivity contribution in [3.63, 3.8) is 0 Å². The van der Waals surface area contributed by atoms with Crippen LogP contribution in [0.25, 0.3) is 0 Å². The Bertz CT molecular complexity index is 1120. The van der Waals surface area contributed by atoms with Gasteiger partial charge < -0.3 is 20.3 Å². The molecule has 3 N–H and O–H groups in total. The van der Waals surface area contributed by atoms with Crippen molar-refractivity contribution >= 4 is 23.3 Å². The minimum absolute atomic E-state index is 0.00602. The molecule has 2 aromatic rings. The third-order valence-electron chi connectivity index (χ3n) is 7.09. The van der Waals surface area contributed by atoms with E-state index in [2.05, 4.69) is 10.6 Å². The topological polar surface area (TPSA) is 100 Å². The van der Waals surface area contributed by atoms with Crippen LogP contribution >= 0.6 is 0 Å². The maximum atomic E-state index is 13.5. The highest BCUT2D eigenvalue weighted by Crippen LogP contribution is 2.44. The number of rotatable bonds is 5. The second kappa shape index (κ2) is 8.16. The van der Waals surface area contributed by atoms with E-state index < -0.39 is 23.7 Å². The summed E-state index contributed by atoms with van der Waals surface area (Å²) in [4.78, 5) is 38.7. The summed E-state index contributed by atoms with van der Waals surface area (Å²) >= 11 is 0. The number of benzene rings is 1. The van der Waals surface area contributed by atoms with Crippen molar-refractivity contribution in [2.45, 2.75) is 52.2 Å². The molecule has 2 unspecified atom stereocenters. The lowest BCUT2D eigenvalue weighted by molar-refractivity contribution is -0.118. The van der Waals surface area contributed by atoms with Gasteiger partial charge in [-0.25, -0.2) is 4.39 Å². The SMILES string of the molecule is Cc1cc(NC(=O)c2c(C)c(C(=O)C(=O)NC3C[C@@H]4CC(O)[C@H]3C4)n(C)c2C)ccc1F. The van der Waals surface area contributed by atoms with Gasteiger partial charge in [-0.15, -0.1) is 0 Å². The number of Topliss-reactive ketones (excluding diaryl/α,β-unsaturated/α-hetero) is 1. The van der Waals surface area contributed by atoms with Crippen LogP contribution in [-0.4, -0.2) is 39.4 Å². The Morgan fingerprint density at radius 3 is 2.47 bits per heavy atom. The number of ketones is 1. The van der Waals surface area contributed by atoms with E-state index in [0.717, 1.165) is 19.3 Å². The smallest absolute Gasteiger partial charge is 0.294 e. The third-order valence-corrected chi connectivity index (χ3v) is 7.09. The van der Waals surface area contributed by atoms with Gasteiger partial charge in [0.1, 0.15) is 5.82 Å². The van der Waals surface area contributed by atoms with Gasteiger partial charge in [0.2, 0.25) is 0 Å². The second-order valence-corrected chi connectivity index (χ2v) is 9.12. The Hall–Kier alpha value is -3.00. The van der Waals surface area contributed by atoms with Gasteiger partial charge in [-0.2, -0.15) is 0 Å². The number of amides is 2. The standard InChI is InChI=1S/C24H28FN3O4/c1-11-7-15(5-6-17(11)25)26-23(31)20-12(2)21(28(4)13(20)3)22(30)24(32)27-18-9-14-8-16(18)19(29)10-14/h5-7,14,16,18-19,29H,8-10H2,1-4H3,(H,26,31)(H,27,32)/t14-,16+,18?,19?/m1/s1. The molecule has 1 aromatic heterocycles. The fourth-order valence-corrected chi connectivity index (χ4v) is 5.37. The highest BCUT2D eigenvalue weighted by atomic mass is 19.1. The first-order chi connectivity index (χ1) is 15.1. The molecule has 0 aliphatic heterocycles. The van der Waals surface area contributed by atoms with Gasteiger partial charge in [-0.05, 0) is 75.3 Å². The van der Waals surface area contributed by atoms with E-state index in [1.165, 1.54) is 18.2 Å². The number of nitrogens with one attached hydrogen (secondary N) is 2. The molecular formula is C24H28FN3O4. The van der Waals surface area contributed by atoms with Crippen LogP contribution in [0.5, 0.6) is 0 Å². The number of hydrogen-bond donors (Lipinski definition) is 3. The van der Waals surface area contributed by atoms with E-state index in [1.54, 1.807) is 32.4 Å². The molecule has 170 valence electrons. The summed E-state index contributed by atoms with van der Waals surface area (Å²) in [5.41, 5.74) is 2.27. The number of fused-ring (bicyclic) bond motifs is 2. The predicted octanol–water partition coefficient (Wildman–Crippen LogP) is 2.80. The van der Waals surface area contributed by atoms with Crippen LogP contribution < -0.4 is 10.6 Å². The molecule has 1 heterocycles. The lowest BCUT2D eigenvalue weighted by atomic mass is 9.92. The van der Waals surface area contributed by atoms with E-state index in [4.69, 9.17) is 0 Å². The number of aliphatic hydroxyl groups is 1. The Morgan fingerprint density at radius 1 is 1.12 bits per heavy atom. The number of aromatic nitrogens is 1. The summed E-state index contributed by atoms with van der Waals surface area (Å²) in [5, 5.41) is 15.6. The summed E-state index contributed by atoms with van der Waals surface area (Å²) in [5.74, 6) is -1.84. The van der Waals surface area contributed by atoms with Crippen molar-refractivity contribution < 1.29 is 23.9 Å². The molecule has 32 heavy (non-hydrogen) atoms. The average molecular weight is 442 g/mol. The fourth-order valence-electron chi connectivity index (χ4n) is 5.37. The number of halogens is 1. The molecule has 2 amide bonds. The fraction of sp³-hybridized carbons (Fsp3) is 0.458. The number of anilines is 1. The molecule has 2 fully saturated rings. The zero-order valence-corrected chi connectivity index (χ0v) is 18.7. The van der Waals surface area contributed by atoms with Crippen LogP contribution in [0.15, 0.2) is 18.2 Å². The van der Waals surface area contributed by atoms with Crippen LogP contribution in [0.4, 0.5) is 10.1 Å². The lowest BCUT2D eigenvalue weighted by Crippen LogP contribution is -2.45. The first kappa shape index (κ1) is 22.2. The van der Waals surface area contributed by atoms with Crippen LogP contribution in [0.1, 0.15) is 56.9 Å².